The normalized spacial score (nSPS) is 15.1. The fourth-order valence-electron chi connectivity index (χ4n) is 4.40. The number of ether oxygens (including phenoxy) is 1. The lowest BCUT2D eigenvalue weighted by Crippen LogP contribution is -2.25. The number of carbonyl (C=O) groups excluding carboxylic acids is 1. The average molecular weight is 486 g/mol. The number of carbonyl (C=O) groups is 1. The summed E-state index contributed by atoms with van der Waals surface area (Å²) < 4.78 is 9.15. The molecule has 0 bridgehead atoms. The number of rotatable bonds is 5. The van der Waals surface area contributed by atoms with Gasteiger partial charge in [-0.3, -0.25) is 4.79 Å². The molecule has 35 heavy (non-hydrogen) atoms. The summed E-state index contributed by atoms with van der Waals surface area (Å²) in [5, 5.41) is 20.7. The molecule has 1 aliphatic rings. The van der Waals surface area contributed by atoms with Crippen LogP contribution in [0.5, 0.6) is 5.75 Å². The summed E-state index contributed by atoms with van der Waals surface area (Å²) in [6.45, 7) is 2.32. The van der Waals surface area contributed by atoms with Crippen molar-refractivity contribution in [3.05, 3.63) is 94.4 Å². The Hall–Kier alpha value is -4.24. The van der Waals surface area contributed by atoms with Gasteiger partial charge in [-0.05, 0) is 42.8 Å². The lowest BCUT2D eigenvalue weighted by atomic mass is 9.86. The molecule has 5 aromatic rings. The molecule has 0 saturated carbocycles. The van der Waals surface area contributed by atoms with Gasteiger partial charge in [0, 0.05) is 28.5 Å². The lowest BCUT2D eigenvalue weighted by molar-refractivity contribution is -0.116. The quantitative estimate of drug-likeness (QED) is 0.398. The Morgan fingerprint density at radius 3 is 2.74 bits per heavy atom. The van der Waals surface area contributed by atoms with Crippen molar-refractivity contribution in [1.29, 1.82) is 0 Å². The fourth-order valence-corrected chi connectivity index (χ4v) is 4.59. The Bertz CT molecular complexity index is 1560. The average Bonchev–Trinajstić information content (AvgIpc) is 3.47. The maximum Gasteiger partial charge on any atom is 0.226 e. The van der Waals surface area contributed by atoms with Crippen molar-refractivity contribution in [2.45, 2.75) is 25.9 Å². The lowest BCUT2D eigenvalue weighted by Gasteiger charge is -2.24. The van der Waals surface area contributed by atoms with Crippen molar-refractivity contribution in [1.82, 2.24) is 29.6 Å². The highest BCUT2D eigenvalue weighted by Gasteiger charge is 2.33. The number of halogens is 1. The highest BCUT2D eigenvalue weighted by molar-refractivity contribution is 6.31. The van der Waals surface area contributed by atoms with Crippen LogP contribution in [0.1, 0.15) is 34.7 Å². The molecule has 4 heterocycles. The number of benzene rings is 2. The van der Waals surface area contributed by atoms with Crippen LogP contribution in [0.3, 0.4) is 0 Å². The number of nitrogens with one attached hydrogen (secondary N) is 1. The van der Waals surface area contributed by atoms with Crippen molar-refractivity contribution >= 4 is 29.0 Å². The van der Waals surface area contributed by atoms with E-state index >= 15 is 0 Å². The first-order valence-corrected chi connectivity index (χ1v) is 11.5. The third kappa shape index (κ3) is 3.89. The maximum atomic E-state index is 12.7. The predicted molar refractivity (Wildman–Crippen MR) is 130 cm³/mol. The van der Waals surface area contributed by atoms with Crippen LogP contribution in [-0.2, 0) is 11.4 Å². The van der Waals surface area contributed by atoms with Gasteiger partial charge in [-0.15, -0.1) is 15.3 Å². The van der Waals surface area contributed by atoms with Crippen LogP contribution < -0.4 is 10.1 Å². The van der Waals surface area contributed by atoms with E-state index in [4.69, 9.17) is 21.4 Å². The Morgan fingerprint density at radius 2 is 1.91 bits per heavy atom. The van der Waals surface area contributed by atoms with E-state index in [1.54, 1.807) is 15.3 Å². The Morgan fingerprint density at radius 1 is 1.09 bits per heavy atom. The summed E-state index contributed by atoms with van der Waals surface area (Å²) in [5.74, 6) is 1.71. The number of aromatic nitrogens is 6. The summed E-state index contributed by atoms with van der Waals surface area (Å²) in [6.07, 6.45) is 1.86. The molecule has 6 rings (SSSR count). The summed E-state index contributed by atoms with van der Waals surface area (Å²) in [6, 6.07) is 19.0. The first kappa shape index (κ1) is 21.3. The molecular formula is C25H20ClN7O2. The number of aryl methyl sites for hydroxylation is 1. The number of fused-ring (bicyclic) bond motifs is 2. The van der Waals surface area contributed by atoms with E-state index in [-0.39, 0.29) is 11.8 Å². The van der Waals surface area contributed by atoms with Crippen LogP contribution in [0, 0.1) is 6.92 Å². The summed E-state index contributed by atoms with van der Waals surface area (Å²) in [4.78, 5) is 12.7. The topological polar surface area (TPSA) is 99.2 Å². The molecular weight excluding hydrogens is 466 g/mol. The van der Waals surface area contributed by atoms with Gasteiger partial charge < -0.3 is 10.1 Å². The highest BCUT2D eigenvalue weighted by atomic mass is 35.5. The Labute approximate surface area is 205 Å². The molecule has 1 N–H and O–H groups in total. The van der Waals surface area contributed by atoms with E-state index in [9.17, 15) is 4.79 Å². The number of anilines is 1. The zero-order valence-electron chi connectivity index (χ0n) is 18.7. The number of nitrogens with zero attached hydrogens (tertiary/aromatic N) is 6. The zero-order valence-corrected chi connectivity index (χ0v) is 19.5. The smallest absolute Gasteiger partial charge is 0.226 e. The minimum absolute atomic E-state index is 0.0759. The van der Waals surface area contributed by atoms with Crippen LogP contribution in [0.4, 0.5) is 5.82 Å². The van der Waals surface area contributed by atoms with Crippen molar-refractivity contribution in [3.8, 4) is 11.6 Å². The predicted octanol–water partition coefficient (Wildman–Crippen LogP) is 4.32. The third-order valence-electron chi connectivity index (χ3n) is 6.10. The van der Waals surface area contributed by atoms with E-state index in [0.717, 1.165) is 28.1 Å². The van der Waals surface area contributed by atoms with E-state index in [1.165, 1.54) is 6.33 Å². The number of hydrogen-bond acceptors (Lipinski definition) is 6. The summed E-state index contributed by atoms with van der Waals surface area (Å²) in [7, 11) is 0. The van der Waals surface area contributed by atoms with Crippen molar-refractivity contribution in [3.63, 3.8) is 0 Å². The second-order valence-electron chi connectivity index (χ2n) is 8.34. The van der Waals surface area contributed by atoms with Crippen LogP contribution in [0.15, 0.2) is 67.0 Å². The second kappa shape index (κ2) is 8.52. The molecule has 0 saturated heterocycles. The monoisotopic (exact) mass is 485 g/mol. The van der Waals surface area contributed by atoms with E-state index in [2.05, 4.69) is 20.6 Å². The van der Waals surface area contributed by atoms with Crippen molar-refractivity contribution < 1.29 is 9.53 Å². The molecule has 9 nitrogen and oxygen atoms in total. The van der Waals surface area contributed by atoms with Gasteiger partial charge in [-0.25, -0.2) is 0 Å². The van der Waals surface area contributed by atoms with Gasteiger partial charge in [0.05, 0.1) is 5.69 Å². The van der Waals surface area contributed by atoms with Crippen LogP contribution in [-0.4, -0.2) is 35.5 Å². The number of amides is 1. The standard InChI is InChI=1S/C25H20ClN7O2/c1-15-24-19(16-6-8-18(9-7-16)35-13-17-4-2-3-5-20(17)26)12-23(34)28-25(24)33(30-15)22-11-10-21-29-27-14-32(21)31-22/h2-11,14,19H,12-13H2,1H3,(H,28,34). The van der Waals surface area contributed by atoms with Gasteiger partial charge >= 0.3 is 0 Å². The molecule has 2 aromatic carbocycles. The summed E-state index contributed by atoms with van der Waals surface area (Å²) >= 11 is 6.22. The van der Waals surface area contributed by atoms with Gasteiger partial charge in [0.2, 0.25) is 5.91 Å². The van der Waals surface area contributed by atoms with Gasteiger partial charge in [0.1, 0.15) is 24.5 Å². The number of hydrogen-bond donors (Lipinski definition) is 1. The first-order valence-electron chi connectivity index (χ1n) is 11.1. The van der Waals surface area contributed by atoms with E-state index in [1.807, 2.05) is 61.5 Å². The third-order valence-corrected chi connectivity index (χ3v) is 6.47. The molecule has 0 fully saturated rings. The largest absolute Gasteiger partial charge is 0.489 e. The molecule has 0 spiro atoms. The Kier molecular flexibility index (Phi) is 5.18. The fraction of sp³-hybridized carbons (Fsp3) is 0.160. The minimum atomic E-state index is -0.135. The summed E-state index contributed by atoms with van der Waals surface area (Å²) in [5.41, 5.74) is 4.36. The van der Waals surface area contributed by atoms with Gasteiger partial charge in [0.25, 0.3) is 0 Å². The molecule has 0 aliphatic carbocycles. The molecule has 1 aliphatic heterocycles. The molecule has 1 unspecified atom stereocenters. The highest BCUT2D eigenvalue weighted by Crippen LogP contribution is 2.40. The van der Waals surface area contributed by atoms with Crippen LogP contribution in [0.25, 0.3) is 11.5 Å². The molecule has 1 atom stereocenters. The molecule has 3 aromatic heterocycles. The minimum Gasteiger partial charge on any atom is -0.489 e. The van der Waals surface area contributed by atoms with Crippen molar-refractivity contribution in [2.75, 3.05) is 5.32 Å². The molecule has 0 radical (unpaired) electrons. The van der Waals surface area contributed by atoms with Gasteiger partial charge in [-0.2, -0.15) is 14.3 Å². The van der Waals surface area contributed by atoms with E-state index < -0.39 is 0 Å². The zero-order chi connectivity index (χ0) is 23.9. The molecule has 174 valence electrons. The maximum absolute atomic E-state index is 12.7. The second-order valence-corrected chi connectivity index (χ2v) is 8.75. The van der Waals surface area contributed by atoms with E-state index in [0.29, 0.717) is 35.3 Å². The first-order chi connectivity index (χ1) is 17.1. The molecule has 1 amide bonds. The van der Waals surface area contributed by atoms with Gasteiger partial charge in [0.15, 0.2) is 11.5 Å². The molecule has 10 heteroatoms. The van der Waals surface area contributed by atoms with Crippen LogP contribution >= 0.6 is 11.6 Å². The van der Waals surface area contributed by atoms with Gasteiger partial charge in [-0.1, -0.05) is 41.9 Å². The Balaban J connectivity index is 1.30. The SMILES string of the molecule is Cc1nn(-c2ccc3nncn3n2)c2c1C(c1ccc(OCc3ccccc3Cl)cc1)CC(=O)N2. The van der Waals surface area contributed by atoms with Crippen LogP contribution in [0.2, 0.25) is 5.02 Å². The van der Waals surface area contributed by atoms with Crippen molar-refractivity contribution in [2.24, 2.45) is 0 Å².